The Bertz CT molecular complexity index is 678. The Morgan fingerprint density at radius 3 is 2.54 bits per heavy atom. The maximum atomic E-state index is 11.8. The molecule has 0 atom stereocenters. The summed E-state index contributed by atoms with van der Waals surface area (Å²) >= 11 is 0. The van der Waals surface area contributed by atoms with Crippen LogP contribution in [0.3, 0.4) is 0 Å². The molecule has 0 fully saturated rings. The van der Waals surface area contributed by atoms with Gasteiger partial charge < -0.3 is 20.5 Å². The van der Waals surface area contributed by atoms with Crippen LogP contribution in [0.4, 0.5) is 0 Å². The monoisotopic (exact) mass is 330 g/mol. The van der Waals surface area contributed by atoms with Gasteiger partial charge in [-0.05, 0) is 45.1 Å². The molecule has 0 aliphatic carbocycles. The van der Waals surface area contributed by atoms with Gasteiger partial charge in [-0.2, -0.15) is 0 Å². The number of hydrogen-bond acceptors (Lipinski definition) is 3. The number of aromatic nitrogens is 1. The Morgan fingerprint density at radius 1 is 1.08 bits per heavy atom. The molecule has 6 heteroatoms. The van der Waals surface area contributed by atoms with Crippen molar-refractivity contribution < 1.29 is 9.59 Å². The number of benzene rings is 1. The maximum absolute atomic E-state index is 11.8. The molecule has 0 bridgehead atoms. The number of fused-ring (bicyclic) bond motifs is 1. The number of hydrogen-bond donors (Lipinski definition) is 3. The molecule has 1 aromatic carbocycles. The quantitative estimate of drug-likeness (QED) is 0.479. The van der Waals surface area contributed by atoms with Gasteiger partial charge in [0.05, 0.1) is 0 Å². The molecule has 0 radical (unpaired) electrons. The van der Waals surface area contributed by atoms with Crippen LogP contribution in [0.5, 0.6) is 0 Å². The molecule has 1 aromatic heterocycles. The van der Waals surface area contributed by atoms with Gasteiger partial charge in [-0.1, -0.05) is 18.2 Å². The lowest BCUT2D eigenvalue weighted by atomic mass is 10.1. The fraction of sp³-hybridized carbons (Fsp3) is 0.444. The second kappa shape index (κ2) is 9.08. The molecule has 130 valence electrons. The third-order valence-corrected chi connectivity index (χ3v) is 3.82. The number of para-hydroxylation sites is 1. The first-order valence-corrected chi connectivity index (χ1v) is 8.29. The van der Waals surface area contributed by atoms with E-state index in [-0.39, 0.29) is 18.2 Å². The fourth-order valence-electron chi connectivity index (χ4n) is 2.57. The minimum atomic E-state index is -0.236. The van der Waals surface area contributed by atoms with Gasteiger partial charge in [0.15, 0.2) is 0 Å². The smallest absolute Gasteiger partial charge is 0.229 e. The van der Waals surface area contributed by atoms with E-state index in [1.807, 2.05) is 38.5 Å². The summed E-state index contributed by atoms with van der Waals surface area (Å²) in [6.45, 7) is 2.03. The molecular formula is C18H26N4O2. The first-order chi connectivity index (χ1) is 11.6. The molecule has 0 aliphatic heterocycles. The Balaban J connectivity index is 1.65. The molecule has 2 aromatic rings. The predicted octanol–water partition coefficient (Wildman–Crippen LogP) is 1.28. The van der Waals surface area contributed by atoms with Crippen LogP contribution < -0.4 is 10.6 Å². The van der Waals surface area contributed by atoms with Crippen molar-refractivity contribution in [2.45, 2.75) is 19.3 Å². The highest BCUT2D eigenvalue weighted by atomic mass is 16.2. The van der Waals surface area contributed by atoms with Gasteiger partial charge in [0.1, 0.15) is 6.42 Å². The highest BCUT2D eigenvalue weighted by molar-refractivity contribution is 5.96. The van der Waals surface area contributed by atoms with Crippen molar-refractivity contribution in [1.29, 1.82) is 0 Å². The standard InChI is InChI=1S/C18H26N4O2/c1-22(2)11-5-9-19-17(23)12-18(24)20-10-8-14-13-21-16-7-4-3-6-15(14)16/h3-4,6-7,13,21H,5,8-12H2,1-2H3,(H,19,23)(H,20,24). The average Bonchev–Trinajstić information content (AvgIpc) is 2.95. The summed E-state index contributed by atoms with van der Waals surface area (Å²) in [4.78, 5) is 28.7. The molecular weight excluding hydrogens is 304 g/mol. The van der Waals surface area contributed by atoms with Crippen LogP contribution in [0.1, 0.15) is 18.4 Å². The number of carbonyl (C=O) groups is 2. The Hall–Kier alpha value is -2.34. The van der Waals surface area contributed by atoms with Crippen LogP contribution in [0.15, 0.2) is 30.5 Å². The van der Waals surface area contributed by atoms with Crippen LogP contribution in [0, 0.1) is 0 Å². The zero-order valence-corrected chi connectivity index (χ0v) is 14.4. The summed E-state index contributed by atoms with van der Waals surface area (Å²) in [5, 5.41) is 6.74. The topological polar surface area (TPSA) is 77.2 Å². The van der Waals surface area contributed by atoms with Crippen LogP contribution >= 0.6 is 0 Å². The van der Waals surface area contributed by atoms with Crippen molar-refractivity contribution in [3.05, 3.63) is 36.0 Å². The van der Waals surface area contributed by atoms with E-state index in [1.54, 1.807) is 0 Å². The van der Waals surface area contributed by atoms with Crippen LogP contribution in [0.2, 0.25) is 0 Å². The zero-order chi connectivity index (χ0) is 17.4. The first kappa shape index (κ1) is 18.0. The molecule has 24 heavy (non-hydrogen) atoms. The molecule has 0 saturated heterocycles. The average molecular weight is 330 g/mol. The van der Waals surface area contributed by atoms with Crippen LogP contribution in [-0.4, -0.2) is 55.4 Å². The van der Waals surface area contributed by atoms with Gasteiger partial charge in [-0.25, -0.2) is 0 Å². The lowest BCUT2D eigenvalue weighted by Gasteiger charge is -2.10. The summed E-state index contributed by atoms with van der Waals surface area (Å²) in [6.07, 6.45) is 3.46. The minimum absolute atomic E-state index is 0.115. The molecule has 2 amide bonds. The number of nitrogens with zero attached hydrogens (tertiary/aromatic N) is 1. The van der Waals surface area contributed by atoms with Gasteiger partial charge in [0.2, 0.25) is 11.8 Å². The third-order valence-electron chi connectivity index (χ3n) is 3.82. The first-order valence-electron chi connectivity index (χ1n) is 8.29. The summed E-state index contributed by atoms with van der Waals surface area (Å²) in [5.41, 5.74) is 2.26. The normalized spacial score (nSPS) is 11.0. The van der Waals surface area contributed by atoms with Gasteiger partial charge >= 0.3 is 0 Å². The summed E-state index contributed by atoms with van der Waals surface area (Å²) < 4.78 is 0. The molecule has 2 rings (SSSR count). The molecule has 0 saturated carbocycles. The van der Waals surface area contributed by atoms with Gasteiger partial charge in [0, 0.05) is 30.2 Å². The largest absolute Gasteiger partial charge is 0.361 e. The third kappa shape index (κ3) is 5.70. The SMILES string of the molecule is CN(C)CCCNC(=O)CC(=O)NCCc1c[nH]c2ccccc12. The number of nitrogens with one attached hydrogen (secondary N) is 3. The molecule has 6 nitrogen and oxygen atoms in total. The van der Waals surface area contributed by atoms with E-state index >= 15 is 0 Å². The summed E-state index contributed by atoms with van der Waals surface area (Å²) in [7, 11) is 3.98. The van der Waals surface area contributed by atoms with Crippen molar-refractivity contribution in [3.63, 3.8) is 0 Å². The fourth-order valence-corrected chi connectivity index (χ4v) is 2.57. The Labute approximate surface area is 142 Å². The Kier molecular flexibility index (Phi) is 6.81. The van der Waals surface area contributed by atoms with Crippen molar-refractivity contribution in [3.8, 4) is 0 Å². The number of amides is 2. The van der Waals surface area contributed by atoms with Crippen molar-refractivity contribution in [2.24, 2.45) is 0 Å². The summed E-state index contributed by atoms with van der Waals surface area (Å²) in [6, 6.07) is 8.07. The number of H-pyrrole nitrogens is 1. The van der Waals surface area contributed by atoms with E-state index in [0.29, 0.717) is 13.1 Å². The van der Waals surface area contributed by atoms with Crippen LogP contribution in [-0.2, 0) is 16.0 Å². The highest BCUT2D eigenvalue weighted by Crippen LogP contribution is 2.17. The zero-order valence-electron chi connectivity index (χ0n) is 14.4. The van der Waals surface area contributed by atoms with Crippen LogP contribution in [0.25, 0.3) is 10.9 Å². The molecule has 0 unspecified atom stereocenters. The van der Waals surface area contributed by atoms with E-state index in [2.05, 4.69) is 26.6 Å². The number of aromatic amines is 1. The molecule has 3 N–H and O–H groups in total. The maximum Gasteiger partial charge on any atom is 0.229 e. The van der Waals surface area contributed by atoms with Gasteiger partial charge in [-0.3, -0.25) is 9.59 Å². The van der Waals surface area contributed by atoms with E-state index < -0.39 is 0 Å². The lowest BCUT2D eigenvalue weighted by molar-refractivity contribution is -0.129. The second-order valence-electron chi connectivity index (χ2n) is 6.14. The van der Waals surface area contributed by atoms with E-state index in [1.165, 1.54) is 10.9 Å². The van der Waals surface area contributed by atoms with Crippen molar-refractivity contribution >= 4 is 22.7 Å². The highest BCUT2D eigenvalue weighted by Gasteiger charge is 2.09. The van der Waals surface area contributed by atoms with E-state index in [4.69, 9.17) is 0 Å². The van der Waals surface area contributed by atoms with Gasteiger partial charge in [-0.15, -0.1) is 0 Å². The molecule has 0 spiro atoms. The van der Waals surface area contributed by atoms with Gasteiger partial charge in [0.25, 0.3) is 0 Å². The molecule has 1 heterocycles. The minimum Gasteiger partial charge on any atom is -0.361 e. The molecule has 0 aliphatic rings. The van der Waals surface area contributed by atoms with E-state index in [9.17, 15) is 9.59 Å². The lowest BCUT2D eigenvalue weighted by Crippen LogP contribution is -2.33. The number of carbonyl (C=O) groups excluding carboxylic acids is 2. The second-order valence-corrected chi connectivity index (χ2v) is 6.14. The van der Waals surface area contributed by atoms with Crippen molar-refractivity contribution in [1.82, 2.24) is 20.5 Å². The summed E-state index contributed by atoms with van der Waals surface area (Å²) in [5.74, 6) is -0.460. The van der Waals surface area contributed by atoms with E-state index in [0.717, 1.165) is 24.9 Å². The predicted molar refractivity (Wildman–Crippen MR) is 95.8 cm³/mol. The van der Waals surface area contributed by atoms with Crippen molar-refractivity contribution in [2.75, 3.05) is 33.7 Å². The Morgan fingerprint density at radius 2 is 1.79 bits per heavy atom. The number of rotatable bonds is 9.